The Kier molecular flexibility index (Phi) is 7.55. The van der Waals surface area contributed by atoms with Crippen LogP contribution in [0.25, 0.3) is 0 Å². The Balaban J connectivity index is 1.62. The number of hydrazone groups is 1. The minimum atomic E-state index is -4.35. The maximum Gasteiger partial charge on any atom is 0.416 e. The smallest absolute Gasteiger partial charge is 0.383 e. The van der Waals surface area contributed by atoms with Gasteiger partial charge in [-0.25, -0.2) is 0 Å². The summed E-state index contributed by atoms with van der Waals surface area (Å²) in [6.07, 6.45) is -2.16. The van der Waals surface area contributed by atoms with Crippen LogP contribution in [-0.4, -0.2) is 54.2 Å². The lowest BCUT2D eigenvalue weighted by atomic mass is 10.0. The number of thiocarbonyl (C=S) groups is 1. The van der Waals surface area contributed by atoms with Gasteiger partial charge in [0.2, 0.25) is 0 Å². The second kappa shape index (κ2) is 10.2. The largest absolute Gasteiger partial charge is 0.416 e. The fourth-order valence-corrected chi connectivity index (χ4v) is 3.87. The average Bonchev–Trinajstić information content (AvgIpc) is 2.77. The first-order chi connectivity index (χ1) is 15.2. The molecule has 0 amide bonds. The molecule has 0 bridgehead atoms. The molecule has 1 aromatic carbocycles. The Morgan fingerprint density at radius 3 is 2.56 bits per heavy atom. The molecule has 0 aromatic heterocycles. The number of aliphatic imine (C=N–C) groups is 1. The summed E-state index contributed by atoms with van der Waals surface area (Å²) in [4.78, 5) is 8.27. The van der Waals surface area contributed by atoms with Crippen molar-refractivity contribution in [1.29, 1.82) is 0 Å². The monoisotopic (exact) mass is 464 g/mol. The van der Waals surface area contributed by atoms with Gasteiger partial charge in [-0.05, 0) is 44.3 Å². The maximum absolute atomic E-state index is 13.0. The fourth-order valence-electron chi connectivity index (χ4n) is 3.64. The van der Waals surface area contributed by atoms with Gasteiger partial charge in [0.25, 0.3) is 0 Å². The van der Waals surface area contributed by atoms with E-state index < -0.39 is 11.7 Å². The molecular formula is C22H27F3N6S. The normalized spacial score (nSPS) is 19.7. The summed E-state index contributed by atoms with van der Waals surface area (Å²) in [5.74, 6) is 0. The highest BCUT2D eigenvalue weighted by molar-refractivity contribution is 7.80. The first kappa shape index (κ1) is 23.8. The van der Waals surface area contributed by atoms with Crippen LogP contribution in [0.4, 0.5) is 18.9 Å². The molecule has 2 aliphatic rings. The summed E-state index contributed by atoms with van der Waals surface area (Å²) in [5.41, 5.74) is 6.48. The van der Waals surface area contributed by atoms with Crippen molar-refractivity contribution < 1.29 is 13.2 Å². The van der Waals surface area contributed by atoms with Gasteiger partial charge in [0, 0.05) is 51.0 Å². The molecule has 0 saturated carbocycles. The first-order valence-corrected chi connectivity index (χ1v) is 10.8. The number of rotatable bonds is 3. The van der Waals surface area contributed by atoms with Crippen molar-refractivity contribution in [2.24, 2.45) is 10.1 Å². The van der Waals surface area contributed by atoms with E-state index in [2.05, 4.69) is 27.4 Å². The molecule has 1 aromatic rings. The minimum Gasteiger partial charge on any atom is -0.383 e. The van der Waals surface area contributed by atoms with Gasteiger partial charge in [0.1, 0.15) is 5.71 Å². The van der Waals surface area contributed by atoms with E-state index in [0.717, 1.165) is 35.3 Å². The van der Waals surface area contributed by atoms with Crippen molar-refractivity contribution in [3.8, 4) is 0 Å². The summed E-state index contributed by atoms with van der Waals surface area (Å²) < 4.78 is 39.0. The molecule has 2 saturated heterocycles. The Morgan fingerprint density at radius 1 is 1.22 bits per heavy atom. The van der Waals surface area contributed by atoms with Crippen LogP contribution >= 0.6 is 12.2 Å². The number of hydrogen-bond acceptors (Lipinski definition) is 5. The maximum atomic E-state index is 13.0. The third-order valence-electron chi connectivity index (χ3n) is 5.29. The number of allylic oxidation sites excluding steroid dienone is 2. The van der Waals surface area contributed by atoms with E-state index >= 15 is 0 Å². The van der Waals surface area contributed by atoms with Crippen molar-refractivity contribution in [2.45, 2.75) is 26.4 Å². The van der Waals surface area contributed by atoms with E-state index in [1.54, 1.807) is 6.07 Å². The van der Waals surface area contributed by atoms with Gasteiger partial charge in [-0.15, -0.1) is 0 Å². The van der Waals surface area contributed by atoms with Crippen LogP contribution in [0.2, 0.25) is 0 Å². The predicted molar refractivity (Wildman–Crippen MR) is 127 cm³/mol. The second-order valence-electron chi connectivity index (χ2n) is 7.71. The van der Waals surface area contributed by atoms with Crippen LogP contribution in [-0.2, 0) is 6.18 Å². The van der Waals surface area contributed by atoms with E-state index in [9.17, 15) is 13.2 Å². The standard InChI is InChI=1S/C22H27F3N6S/c1-4-26-20-18(8-9-27-19(20)15(2)3)28-29-21(32)31-12-10-30(11-13-31)17-7-5-6-16(14-17)22(23,24)25/h4-7,14,27H,1,8-13H2,2-3H3,(H,29,32)/b26-20-,28-18-. The van der Waals surface area contributed by atoms with Gasteiger partial charge in [-0.3, -0.25) is 10.4 Å². The van der Waals surface area contributed by atoms with Crippen molar-refractivity contribution in [3.05, 3.63) is 53.9 Å². The molecule has 2 aliphatic heterocycles. The highest BCUT2D eigenvalue weighted by Crippen LogP contribution is 2.31. The summed E-state index contributed by atoms with van der Waals surface area (Å²) in [5, 5.41) is 8.32. The van der Waals surface area contributed by atoms with E-state index in [-0.39, 0.29) is 0 Å². The van der Waals surface area contributed by atoms with Gasteiger partial charge in [-0.1, -0.05) is 18.2 Å². The molecule has 0 radical (unpaired) electrons. The number of alkyl halides is 3. The number of piperazine rings is 1. The van der Waals surface area contributed by atoms with Crippen molar-refractivity contribution >= 4 is 34.4 Å². The third kappa shape index (κ3) is 5.67. The van der Waals surface area contributed by atoms with Crippen molar-refractivity contribution in [2.75, 3.05) is 37.6 Å². The molecule has 2 N–H and O–H groups in total. The zero-order chi connectivity index (χ0) is 23.3. The topological polar surface area (TPSA) is 55.3 Å². The number of anilines is 1. The number of benzene rings is 1. The molecule has 32 heavy (non-hydrogen) atoms. The third-order valence-corrected chi connectivity index (χ3v) is 5.64. The minimum absolute atomic E-state index is 0.483. The molecule has 10 heteroatoms. The predicted octanol–water partition coefficient (Wildman–Crippen LogP) is 3.93. The summed E-state index contributed by atoms with van der Waals surface area (Å²) in [7, 11) is 0. The van der Waals surface area contributed by atoms with Crippen LogP contribution in [0.3, 0.4) is 0 Å². The second-order valence-corrected chi connectivity index (χ2v) is 8.10. The summed E-state index contributed by atoms with van der Waals surface area (Å²) in [6.45, 7) is 10.7. The van der Waals surface area contributed by atoms with Crippen LogP contribution in [0.1, 0.15) is 25.8 Å². The zero-order valence-corrected chi connectivity index (χ0v) is 19.0. The molecule has 3 rings (SSSR count). The van der Waals surface area contributed by atoms with E-state index in [1.165, 1.54) is 18.3 Å². The fraction of sp³-hybridized carbons (Fsp3) is 0.409. The lowest BCUT2D eigenvalue weighted by Crippen LogP contribution is -2.51. The molecule has 0 aliphatic carbocycles. The molecule has 0 spiro atoms. The molecule has 6 nitrogen and oxygen atoms in total. The Labute approximate surface area is 191 Å². The molecule has 2 heterocycles. The molecular weight excluding hydrogens is 437 g/mol. The van der Waals surface area contributed by atoms with Crippen LogP contribution < -0.4 is 15.6 Å². The number of piperidine rings is 1. The van der Waals surface area contributed by atoms with Crippen molar-refractivity contribution in [1.82, 2.24) is 15.6 Å². The van der Waals surface area contributed by atoms with E-state index in [0.29, 0.717) is 43.4 Å². The summed E-state index contributed by atoms with van der Waals surface area (Å²) >= 11 is 5.50. The molecule has 2 fully saturated rings. The Morgan fingerprint density at radius 2 is 1.94 bits per heavy atom. The number of halogens is 3. The Bertz CT molecular complexity index is 955. The first-order valence-electron chi connectivity index (χ1n) is 10.3. The number of nitrogens with one attached hydrogen (secondary N) is 2. The highest BCUT2D eigenvalue weighted by Gasteiger charge is 2.31. The van der Waals surface area contributed by atoms with Gasteiger partial charge < -0.3 is 15.1 Å². The average molecular weight is 465 g/mol. The molecule has 0 atom stereocenters. The number of hydrogen-bond donors (Lipinski definition) is 2. The van der Waals surface area contributed by atoms with Crippen LogP contribution in [0, 0.1) is 0 Å². The van der Waals surface area contributed by atoms with Gasteiger partial charge in [0.05, 0.1) is 17.0 Å². The van der Waals surface area contributed by atoms with E-state index in [1.807, 2.05) is 23.6 Å². The van der Waals surface area contributed by atoms with Crippen molar-refractivity contribution in [3.63, 3.8) is 0 Å². The highest BCUT2D eigenvalue weighted by atomic mass is 32.1. The molecule has 0 unspecified atom stereocenters. The van der Waals surface area contributed by atoms with Gasteiger partial charge in [0.15, 0.2) is 5.11 Å². The van der Waals surface area contributed by atoms with Crippen LogP contribution in [0.5, 0.6) is 0 Å². The lowest BCUT2D eigenvalue weighted by Gasteiger charge is -2.37. The van der Waals surface area contributed by atoms with E-state index in [4.69, 9.17) is 12.2 Å². The van der Waals surface area contributed by atoms with Gasteiger partial charge >= 0.3 is 6.18 Å². The quantitative estimate of drug-likeness (QED) is 0.525. The molecule has 172 valence electrons. The lowest BCUT2D eigenvalue weighted by molar-refractivity contribution is -0.137. The van der Waals surface area contributed by atoms with Gasteiger partial charge in [-0.2, -0.15) is 18.3 Å². The Hall–Kier alpha value is -2.88. The number of nitrogens with zero attached hydrogens (tertiary/aromatic N) is 4. The zero-order valence-electron chi connectivity index (χ0n) is 18.2. The summed E-state index contributed by atoms with van der Waals surface area (Å²) in [6, 6.07) is 5.42. The SMILES string of the molecule is C=C/N=C1\C(=C(C)C)NCC\C1=N\NC(=S)N1CCN(c2cccc(C(F)(F)F)c2)CC1. The van der Waals surface area contributed by atoms with Crippen LogP contribution in [0.15, 0.2) is 58.4 Å².